The summed E-state index contributed by atoms with van der Waals surface area (Å²) in [5.74, 6) is 0.233. The molecule has 6 atom stereocenters. The Morgan fingerprint density at radius 2 is 1.86 bits per heavy atom. The van der Waals surface area contributed by atoms with Crippen molar-refractivity contribution < 1.29 is 28.5 Å². The van der Waals surface area contributed by atoms with Crippen LogP contribution in [0.3, 0.4) is 0 Å². The topological polar surface area (TPSA) is 192 Å². The zero-order valence-electron chi connectivity index (χ0n) is 31.3. The Morgan fingerprint density at radius 1 is 1.02 bits per heavy atom. The minimum Gasteiger partial charge on any atom is -0.507 e. The number of aromatic nitrogens is 2. The standard InChI is InChI=1S/C43H42N6O7/c1-21-12-30(50)37-31(53-21)17-32-38(39(37)51)36-23-5-7-26(8-6-23)43(41(52)54-40(36)42(2,3)55-32)33(56-43)9-4-22-13-28(48-34(44)14-22)25-15-27(47-35(45)16-25)19-49-18-24-10-11-46-29(24)20-49/h5,7,10-18,23,26,33,36,40,51H,4,6,8-9,19-20H2,1-3H3,(H2,44,48)(H2,45,47). The van der Waals surface area contributed by atoms with Crippen molar-refractivity contribution >= 4 is 34.3 Å². The number of phenols is 1. The molecule has 4 aromatic rings. The average molecular weight is 755 g/mol. The highest BCUT2D eigenvalue weighted by atomic mass is 16.7. The van der Waals surface area contributed by atoms with Crippen LogP contribution in [0.4, 0.5) is 11.6 Å². The molecule has 9 heterocycles. The van der Waals surface area contributed by atoms with Gasteiger partial charge in [0.05, 0.1) is 36.3 Å². The number of pyridine rings is 2. The van der Waals surface area contributed by atoms with Crippen LogP contribution in [-0.4, -0.2) is 61.6 Å². The van der Waals surface area contributed by atoms with Crippen LogP contribution in [0.1, 0.15) is 61.6 Å². The number of allylic oxidation sites excluding steroid dienone is 2. The molecule has 13 nitrogen and oxygen atoms in total. The molecule has 5 N–H and O–H groups in total. The van der Waals surface area contributed by atoms with Crippen LogP contribution < -0.4 is 21.6 Å². The van der Waals surface area contributed by atoms with E-state index in [9.17, 15) is 14.7 Å². The lowest BCUT2D eigenvalue weighted by Gasteiger charge is -2.46. The highest BCUT2D eigenvalue weighted by molar-refractivity contribution is 6.07. The zero-order chi connectivity index (χ0) is 38.7. The fourth-order valence-electron chi connectivity index (χ4n) is 9.65. The summed E-state index contributed by atoms with van der Waals surface area (Å²) in [7, 11) is 0. The molecule has 286 valence electrons. The number of hydrogen-bond acceptors (Lipinski definition) is 13. The number of esters is 1. The smallest absolute Gasteiger partial charge is 0.342 e. The van der Waals surface area contributed by atoms with Gasteiger partial charge in [-0.15, -0.1) is 0 Å². The molecule has 6 aliphatic heterocycles. The number of nitrogen functional groups attached to an aromatic ring is 2. The molecule has 13 heteroatoms. The van der Waals surface area contributed by atoms with E-state index in [0.717, 1.165) is 34.5 Å². The Morgan fingerprint density at radius 3 is 2.66 bits per heavy atom. The van der Waals surface area contributed by atoms with E-state index in [1.54, 1.807) is 19.1 Å². The van der Waals surface area contributed by atoms with Gasteiger partial charge in [-0.05, 0) is 88.3 Å². The van der Waals surface area contributed by atoms with Gasteiger partial charge >= 0.3 is 5.97 Å². The van der Waals surface area contributed by atoms with E-state index in [1.165, 1.54) is 6.07 Å². The number of nitrogens with zero attached hydrogens (tertiary/aromatic N) is 4. The van der Waals surface area contributed by atoms with Crippen molar-refractivity contribution in [3.8, 4) is 22.8 Å². The first kappa shape index (κ1) is 34.5. The summed E-state index contributed by atoms with van der Waals surface area (Å²) < 4.78 is 25.2. The highest BCUT2D eigenvalue weighted by Crippen LogP contribution is 2.58. The minimum absolute atomic E-state index is 0.0845. The first-order valence-electron chi connectivity index (χ1n) is 19.2. The molecule has 11 rings (SSSR count). The van der Waals surface area contributed by atoms with Crippen LogP contribution in [0, 0.1) is 18.8 Å². The first-order chi connectivity index (χ1) is 26.9. The third-order valence-corrected chi connectivity index (χ3v) is 12.2. The van der Waals surface area contributed by atoms with Crippen molar-refractivity contribution in [2.75, 3.05) is 18.0 Å². The number of ether oxygens (including phenoxy) is 3. The van der Waals surface area contributed by atoms with Crippen LogP contribution >= 0.6 is 0 Å². The molecule has 1 spiro atoms. The quantitative estimate of drug-likeness (QED) is 0.125. The van der Waals surface area contributed by atoms with Gasteiger partial charge in [0.1, 0.15) is 51.6 Å². The Labute approximate surface area is 322 Å². The van der Waals surface area contributed by atoms with Gasteiger partial charge in [0.15, 0.2) is 11.0 Å². The molecule has 2 fully saturated rings. The lowest BCUT2D eigenvalue weighted by Crippen LogP contribution is -2.53. The Balaban J connectivity index is 0.903. The number of carbonyl (C=O) groups is 1. The zero-order valence-corrected chi connectivity index (χ0v) is 31.3. The number of hydrogen-bond donors (Lipinski definition) is 3. The number of carbonyl (C=O) groups excluding carboxylic acids is 1. The number of aromatic hydroxyl groups is 1. The van der Waals surface area contributed by atoms with Crippen LogP contribution in [-0.2, 0) is 27.2 Å². The molecular formula is C43H42N6O7. The van der Waals surface area contributed by atoms with Crippen LogP contribution in [0.15, 0.2) is 86.8 Å². The second kappa shape index (κ2) is 12.3. The maximum absolute atomic E-state index is 14.5. The van der Waals surface area contributed by atoms with Crippen molar-refractivity contribution in [2.45, 2.75) is 82.3 Å². The molecular weight excluding hydrogens is 713 g/mol. The van der Waals surface area contributed by atoms with E-state index in [4.69, 9.17) is 30.1 Å². The SMILES string of the molecule is Cc1cc(=O)c2c(O)c3c(cc2o1)OC(C)(C)C1OC(=O)C2(OC2CCc2cc(N)nc(-c4cc(N)nc(CN5C=C6C=CN=C6C5)c4)c2)C2C=CC(CC2)C31. The normalized spacial score (nSPS) is 27.8. The monoisotopic (exact) mass is 754 g/mol. The minimum atomic E-state index is -1.16. The van der Waals surface area contributed by atoms with E-state index in [1.807, 2.05) is 44.3 Å². The Hall–Kier alpha value is -5.95. The maximum Gasteiger partial charge on any atom is 0.342 e. The predicted octanol–water partition coefficient (Wildman–Crippen LogP) is 5.63. The predicted molar refractivity (Wildman–Crippen MR) is 209 cm³/mol. The first-order valence-corrected chi connectivity index (χ1v) is 19.2. The Kier molecular flexibility index (Phi) is 7.57. The number of aliphatic imine (C=N–C) groups is 1. The van der Waals surface area contributed by atoms with E-state index in [0.29, 0.717) is 66.8 Å². The van der Waals surface area contributed by atoms with Crippen LogP contribution in [0.2, 0.25) is 0 Å². The van der Waals surface area contributed by atoms with Gasteiger partial charge in [-0.1, -0.05) is 12.2 Å². The van der Waals surface area contributed by atoms with Gasteiger partial charge in [-0.2, -0.15) is 0 Å². The Bertz CT molecular complexity index is 2560. The summed E-state index contributed by atoms with van der Waals surface area (Å²) in [5.41, 5.74) is 16.3. The molecule has 0 radical (unpaired) electrons. The van der Waals surface area contributed by atoms with E-state index in [-0.39, 0.29) is 34.0 Å². The summed E-state index contributed by atoms with van der Waals surface area (Å²) in [4.78, 5) is 43.4. The van der Waals surface area contributed by atoms with Gasteiger partial charge in [-0.25, -0.2) is 14.8 Å². The van der Waals surface area contributed by atoms with E-state index < -0.39 is 35.3 Å². The molecule has 2 saturated heterocycles. The lowest BCUT2D eigenvalue weighted by molar-refractivity contribution is -0.172. The molecule has 0 amide bonds. The van der Waals surface area contributed by atoms with E-state index in [2.05, 4.69) is 38.2 Å². The summed E-state index contributed by atoms with van der Waals surface area (Å²) in [6, 6.07) is 10.7. The number of rotatable bonds is 6. The second-order valence-corrected chi connectivity index (χ2v) is 16.4. The summed E-state index contributed by atoms with van der Waals surface area (Å²) in [6.45, 7) is 6.74. The lowest BCUT2D eigenvalue weighted by atomic mass is 9.69. The van der Waals surface area contributed by atoms with E-state index >= 15 is 0 Å². The van der Waals surface area contributed by atoms with Gasteiger partial charge in [0.25, 0.3) is 0 Å². The number of aryl methyl sites for hydroxylation is 2. The van der Waals surface area contributed by atoms with Crippen LogP contribution in [0.25, 0.3) is 22.2 Å². The third kappa shape index (κ3) is 5.50. The molecule has 7 aliphatic rings. The summed E-state index contributed by atoms with van der Waals surface area (Å²) in [6.07, 6.45) is 11.5. The number of fused-ring (bicyclic) bond motifs is 5. The summed E-state index contributed by atoms with van der Waals surface area (Å²) in [5, 5.41) is 11.8. The number of benzene rings is 1. The fraction of sp³-hybridized carbons (Fsp3) is 0.372. The number of epoxide rings is 1. The molecule has 0 saturated carbocycles. The third-order valence-electron chi connectivity index (χ3n) is 12.2. The number of phenolic OH excluding ortho intramolecular Hbond substituents is 1. The molecule has 56 heavy (non-hydrogen) atoms. The fourth-order valence-corrected chi connectivity index (χ4v) is 9.65. The largest absolute Gasteiger partial charge is 0.507 e. The summed E-state index contributed by atoms with van der Waals surface area (Å²) >= 11 is 0. The second-order valence-electron chi connectivity index (χ2n) is 16.4. The molecule has 1 aromatic carbocycles. The van der Waals surface area contributed by atoms with Gasteiger partial charge < -0.3 is 40.1 Å². The van der Waals surface area contributed by atoms with Crippen molar-refractivity contribution in [3.05, 3.63) is 105 Å². The maximum atomic E-state index is 14.5. The van der Waals surface area contributed by atoms with Gasteiger partial charge in [0.2, 0.25) is 0 Å². The average Bonchev–Trinajstić information content (AvgIpc) is 3.48. The van der Waals surface area contributed by atoms with Gasteiger partial charge in [-0.3, -0.25) is 9.79 Å². The van der Waals surface area contributed by atoms with Crippen molar-refractivity contribution in [3.63, 3.8) is 0 Å². The number of nitrogens with two attached hydrogens (primary N) is 2. The van der Waals surface area contributed by atoms with Crippen molar-refractivity contribution in [2.24, 2.45) is 16.8 Å². The molecule has 1 aliphatic carbocycles. The van der Waals surface area contributed by atoms with Crippen LogP contribution in [0.5, 0.6) is 11.5 Å². The van der Waals surface area contributed by atoms with Crippen molar-refractivity contribution in [1.29, 1.82) is 0 Å². The number of anilines is 2. The van der Waals surface area contributed by atoms with Gasteiger partial charge in [0, 0.05) is 53.1 Å². The highest BCUT2D eigenvalue weighted by Gasteiger charge is 2.69. The molecule has 6 unspecified atom stereocenters. The molecule has 3 aromatic heterocycles. The van der Waals surface area contributed by atoms with Crippen molar-refractivity contribution in [1.82, 2.24) is 14.9 Å². The molecule has 2 bridgehead atoms.